The van der Waals surface area contributed by atoms with E-state index >= 15 is 0 Å². The Balaban J connectivity index is 1.49. The second kappa shape index (κ2) is 7.72. The van der Waals surface area contributed by atoms with Gasteiger partial charge in [-0.15, -0.1) is 0 Å². The summed E-state index contributed by atoms with van der Waals surface area (Å²) in [6.07, 6.45) is 1.08. The van der Waals surface area contributed by atoms with Crippen LogP contribution in [0.4, 0.5) is 0 Å². The summed E-state index contributed by atoms with van der Waals surface area (Å²) in [6.45, 7) is 7.25. The number of hydrogen-bond donors (Lipinski definition) is 2. The van der Waals surface area contributed by atoms with E-state index in [2.05, 4.69) is 4.90 Å². The maximum atomic E-state index is 10.6. The highest BCUT2D eigenvalue weighted by Crippen LogP contribution is 2.39. The van der Waals surface area contributed by atoms with E-state index in [1.165, 1.54) is 0 Å². The minimum atomic E-state index is -1.06. The zero-order valence-corrected chi connectivity index (χ0v) is 16.0. The molecule has 6 heteroatoms. The normalized spacial score (nSPS) is 28.9. The average Bonchev–Trinajstić information content (AvgIpc) is 2.62. The molecule has 0 saturated carbocycles. The number of aliphatic hydroxyl groups is 2. The Labute approximate surface area is 155 Å². The number of nitrogens with zero attached hydrogens (tertiary/aromatic N) is 1. The molecular formula is C20H31NO5. The van der Waals surface area contributed by atoms with Gasteiger partial charge in [0.1, 0.15) is 12.7 Å². The molecule has 2 atom stereocenters. The van der Waals surface area contributed by atoms with Crippen molar-refractivity contribution >= 4 is 0 Å². The first-order valence-electron chi connectivity index (χ1n) is 9.40. The number of benzene rings is 1. The third-order valence-corrected chi connectivity index (χ3v) is 5.77. The highest BCUT2D eigenvalue weighted by atomic mass is 16.5. The molecule has 1 spiro atoms. The maximum Gasteiger partial charge on any atom is 0.161 e. The second-order valence-corrected chi connectivity index (χ2v) is 7.77. The van der Waals surface area contributed by atoms with Crippen LogP contribution in [0.25, 0.3) is 0 Å². The van der Waals surface area contributed by atoms with Crippen LogP contribution >= 0.6 is 0 Å². The van der Waals surface area contributed by atoms with Gasteiger partial charge in [-0.2, -0.15) is 0 Å². The van der Waals surface area contributed by atoms with Gasteiger partial charge in [0.05, 0.1) is 24.9 Å². The number of likely N-dealkylation sites (tertiary alicyclic amines) is 1. The molecule has 1 aromatic rings. The molecule has 0 aliphatic carbocycles. The van der Waals surface area contributed by atoms with Crippen LogP contribution in [0.5, 0.6) is 11.5 Å². The summed E-state index contributed by atoms with van der Waals surface area (Å²) in [4.78, 5) is 2.31. The molecule has 0 aromatic heterocycles. The van der Waals surface area contributed by atoms with Gasteiger partial charge in [-0.1, -0.05) is 6.07 Å². The first-order chi connectivity index (χ1) is 12.4. The lowest BCUT2D eigenvalue weighted by molar-refractivity contribution is -0.246. The number of piperidine rings is 1. The zero-order valence-electron chi connectivity index (χ0n) is 16.0. The molecule has 6 nitrogen and oxygen atoms in total. The smallest absolute Gasteiger partial charge is 0.161 e. The van der Waals surface area contributed by atoms with Crippen molar-refractivity contribution in [1.29, 1.82) is 0 Å². The van der Waals surface area contributed by atoms with Gasteiger partial charge in [-0.05, 0) is 44.4 Å². The fourth-order valence-electron chi connectivity index (χ4n) is 3.99. The fraction of sp³-hybridized carbons (Fsp3) is 0.700. The number of hydrogen-bond acceptors (Lipinski definition) is 6. The lowest BCUT2D eigenvalue weighted by atomic mass is 9.75. The number of aryl methyl sites for hydroxylation is 1. The largest absolute Gasteiger partial charge is 0.493 e. The summed E-state index contributed by atoms with van der Waals surface area (Å²) in [5.41, 5.74) is -0.539. The molecule has 26 heavy (non-hydrogen) atoms. The topological polar surface area (TPSA) is 71.4 Å². The average molecular weight is 365 g/mol. The minimum Gasteiger partial charge on any atom is -0.493 e. The predicted octanol–water partition coefficient (Wildman–Crippen LogP) is 1.75. The van der Waals surface area contributed by atoms with Gasteiger partial charge in [-0.3, -0.25) is 4.90 Å². The van der Waals surface area contributed by atoms with E-state index in [1.807, 2.05) is 25.1 Å². The van der Waals surface area contributed by atoms with Crippen molar-refractivity contribution < 1.29 is 24.4 Å². The van der Waals surface area contributed by atoms with Crippen LogP contribution < -0.4 is 9.47 Å². The van der Waals surface area contributed by atoms with Gasteiger partial charge in [0, 0.05) is 26.1 Å². The number of ether oxygens (including phenoxy) is 3. The van der Waals surface area contributed by atoms with Gasteiger partial charge in [0.2, 0.25) is 0 Å². The van der Waals surface area contributed by atoms with Gasteiger partial charge in [-0.25, -0.2) is 0 Å². The van der Waals surface area contributed by atoms with Crippen molar-refractivity contribution in [2.75, 3.05) is 40.0 Å². The summed E-state index contributed by atoms with van der Waals surface area (Å²) in [5.74, 6) is 1.51. The van der Waals surface area contributed by atoms with E-state index in [0.717, 1.165) is 49.5 Å². The van der Waals surface area contributed by atoms with Crippen molar-refractivity contribution in [2.24, 2.45) is 0 Å². The van der Waals surface area contributed by atoms with Gasteiger partial charge < -0.3 is 24.4 Å². The van der Waals surface area contributed by atoms with E-state index in [-0.39, 0.29) is 0 Å². The highest BCUT2D eigenvalue weighted by molar-refractivity contribution is 5.42. The number of rotatable bonds is 5. The quantitative estimate of drug-likeness (QED) is 0.828. The third-order valence-electron chi connectivity index (χ3n) is 5.77. The summed E-state index contributed by atoms with van der Waals surface area (Å²) >= 11 is 0. The van der Waals surface area contributed by atoms with E-state index in [1.54, 1.807) is 14.0 Å². The number of methoxy groups -OCH3 is 1. The van der Waals surface area contributed by atoms with Crippen molar-refractivity contribution in [2.45, 2.75) is 50.4 Å². The molecule has 2 fully saturated rings. The standard InChI is InChI=1S/C20H31NO5/c1-15-4-5-16(17(14-15)24-3)25-13-11-21-9-6-20(7-10-21)18(22)19(2,23)8-12-26-20/h4-5,14,18,22-23H,6-13H2,1-3H3/t18-,19+/m0/s1. The van der Waals surface area contributed by atoms with Crippen LogP contribution in [0.2, 0.25) is 0 Å². The first kappa shape index (κ1) is 19.4. The van der Waals surface area contributed by atoms with Crippen molar-refractivity contribution in [3.63, 3.8) is 0 Å². The van der Waals surface area contributed by atoms with Crippen LogP contribution in [0.3, 0.4) is 0 Å². The van der Waals surface area contributed by atoms with Crippen LogP contribution in [-0.2, 0) is 4.74 Å². The Morgan fingerprint density at radius 1 is 1.23 bits per heavy atom. The third kappa shape index (κ3) is 3.98. The molecule has 0 bridgehead atoms. The molecule has 2 aliphatic heterocycles. The molecule has 3 rings (SSSR count). The summed E-state index contributed by atoms with van der Waals surface area (Å²) in [5, 5.41) is 21.0. The molecule has 1 aromatic carbocycles. The van der Waals surface area contributed by atoms with Crippen LogP contribution in [0, 0.1) is 6.92 Å². The number of aliphatic hydroxyl groups excluding tert-OH is 1. The fourth-order valence-corrected chi connectivity index (χ4v) is 3.99. The Morgan fingerprint density at radius 2 is 1.96 bits per heavy atom. The minimum absolute atomic E-state index is 0.478. The first-order valence-corrected chi connectivity index (χ1v) is 9.40. The highest BCUT2D eigenvalue weighted by Gasteiger charge is 2.52. The Kier molecular flexibility index (Phi) is 5.77. The lowest BCUT2D eigenvalue weighted by Crippen LogP contribution is -2.64. The SMILES string of the molecule is COc1cc(C)ccc1OCCN1CCC2(CC1)OCC[C@@](C)(O)[C@@H]2O. The van der Waals surface area contributed by atoms with Gasteiger partial charge in [0.25, 0.3) is 0 Å². The van der Waals surface area contributed by atoms with E-state index in [9.17, 15) is 10.2 Å². The second-order valence-electron chi connectivity index (χ2n) is 7.77. The summed E-state index contributed by atoms with van der Waals surface area (Å²) < 4.78 is 17.2. The van der Waals surface area contributed by atoms with E-state index < -0.39 is 17.3 Å². The van der Waals surface area contributed by atoms with E-state index in [0.29, 0.717) is 19.6 Å². The van der Waals surface area contributed by atoms with Gasteiger partial charge in [0.15, 0.2) is 11.5 Å². The van der Waals surface area contributed by atoms with Crippen LogP contribution in [-0.4, -0.2) is 72.4 Å². The van der Waals surface area contributed by atoms with Crippen LogP contribution in [0.1, 0.15) is 31.7 Å². The molecule has 2 heterocycles. The maximum absolute atomic E-state index is 10.6. The van der Waals surface area contributed by atoms with Crippen molar-refractivity contribution in [1.82, 2.24) is 4.90 Å². The molecule has 0 unspecified atom stereocenters. The summed E-state index contributed by atoms with van der Waals surface area (Å²) in [6, 6.07) is 5.91. The molecule has 0 radical (unpaired) electrons. The summed E-state index contributed by atoms with van der Waals surface area (Å²) in [7, 11) is 1.65. The molecule has 2 aliphatic rings. The molecule has 2 saturated heterocycles. The Hall–Kier alpha value is -1.34. The van der Waals surface area contributed by atoms with Crippen molar-refractivity contribution in [3.05, 3.63) is 23.8 Å². The Morgan fingerprint density at radius 3 is 2.65 bits per heavy atom. The van der Waals surface area contributed by atoms with Crippen molar-refractivity contribution in [3.8, 4) is 11.5 Å². The Bertz CT molecular complexity index is 610. The van der Waals surface area contributed by atoms with Crippen LogP contribution in [0.15, 0.2) is 18.2 Å². The molecule has 2 N–H and O–H groups in total. The zero-order chi connectivity index (χ0) is 18.8. The van der Waals surface area contributed by atoms with Gasteiger partial charge >= 0.3 is 0 Å². The molecule has 146 valence electrons. The lowest BCUT2D eigenvalue weighted by Gasteiger charge is -2.51. The van der Waals surface area contributed by atoms with E-state index in [4.69, 9.17) is 14.2 Å². The predicted molar refractivity (Wildman–Crippen MR) is 98.8 cm³/mol. The molecular weight excluding hydrogens is 334 g/mol. The monoisotopic (exact) mass is 365 g/mol. The molecule has 0 amide bonds.